The van der Waals surface area contributed by atoms with Crippen molar-refractivity contribution in [3.05, 3.63) is 42.2 Å². The van der Waals surface area contributed by atoms with E-state index in [4.69, 9.17) is 9.47 Å². The molecule has 5 nitrogen and oxygen atoms in total. The van der Waals surface area contributed by atoms with E-state index < -0.39 is 0 Å². The maximum absolute atomic E-state index is 12.3. The van der Waals surface area contributed by atoms with Gasteiger partial charge < -0.3 is 9.47 Å². The second-order valence-electron chi connectivity index (χ2n) is 8.91. The van der Waals surface area contributed by atoms with Crippen molar-refractivity contribution < 1.29 is 14.3 Å². The number of rotatable bonds is 17. The first-order valence-electron chi connectivity index (χ1n) is 12.8. The van der Waals surface area contributed by atoms with E-state index in [1.54, 1.807) is 12.1 Å². The summed E-state index contributed by atoms with van der Waals surface area (Å²) in [5.41, 5.74) is 2.08. The fraction of sp³-hybridized carbons (Fsp3) is 0.607. The molecule has 0 spiro atoms. The smallest absolute Gasteiger partial charge is 0.316 e. The summed E-state index contributed by atoms with van der Waals surface area (Å²) in [6.07, 6.45) is 17.2. The molecule has 182 valence electrons. The molecule has 5 heteroatoms. The van der Waals surface area contributed by atoms with Gasteiger partial charge in [0.05, 0.1) is 12.5 Å². The van der Waals surface area contributed by atoms with Gasteiger partial charge in [0.25, 0.3) is 0 Å². The maximum Gasteiger partial charge on any atom is 0.316 e. The van der Waals surface area contributed by atoms with Crippen LogP contribution in [0, 0.1) is 5.92 Å². The van der Waals surface area contributed by atoms with Gasteiger partial charge in [0.15, 0.2) is 5.82 Å². The molecule has 1 aromatic heterocycles. The number of aromatic nitrogens is 2. The van der Waals surface area contributed by atoms with Gasteiger partial charge in [-0.25, -0.2) is 9.97 Å². The average molecular weight is 455 g/mol. The summed E-state index contributed by atoms with van der Waals surface area (Å²) in [5, 5.41) is 0. The fourth-order valence-electron chi connectivity index (χ4n) is 3.59. The maximum atomic E-state index is 12.3. The largest absolute Gasteiger partial charge is 0.426 e. The molecule has 2 aromatic rings. The van der Waals surface area contributed by atoms with Gasteiger partial charge >= 0.3 is 5.97 Å². The minimum atomic E-state index is -0.293. The number of ether oxygens (including phenoxy) is 2. The lowest BCUT2D eigenvalue weighted by molar-refractivity contribution is -0.140. The Labute approximate surface area is 200 Å². The van der Waals surface area contributed by atoms with Crippen molar-refractivity contribution >= 4 is 5.97 Å². The minimum Gasteiger partial charge on any atom is -0.426 e. The Balaban J connectivity index is 1.72. The van der Waals surface area contributed by atoms with Crippen molar-refractivity contribution in [1.29, 1.82) is 0 Å². The molecule has 0 N–H and O–H groups in total. The predicted molar refractivity (Wildman–Crippen MR) is 134 cm³/mol. The van der Waals surface area contributed by atoms with Crippen LogP contribution in [0.2, 0.25) is 0 Å². The van der Waals surface area contributed by atoms with E-state index in [0.717, 1.165) is 18.4 Å². The summed E-state index contributed by atoms with van der Waals surface area (Å²) >= 11 is 0. The summed E-state index contributed by atoms with van der Waals surface area (Å²) in [4.78, 5) is 21.4. The van der Waals surface area contributed by atoms with Crippen LogP contribution in [0.5, 0.6) is 5.75 Å². The second-order valence-corrected chi connectivity index (χ2v) is 8.91. The van der Waals surface area contributed by atoms with E-state index in [9.17, 15) is 4.79 Å². The molecule has 2 rings (SSSR count). The van der Waals surface area contributed by atoms with Crippen LogP contribution in [0.3, 0.4) is 0 Å². The quantitative estimate of drug-likeness (QED) is 0.144. The average Bonchev–Trinajstić information content (AvgIpc) is 2.84. The van der Waals surface area contributed by atoms with Crippen molar-refractivity contribution in [3.63, 3.8) is 0 Å². The highest BCUT2D eigenvalue weighted by Gasteiger charge is 2.16. The first kappa shape index (κ1) is 27.0. The van der Waals surface area contributed by atoms with E-state index in [-0.39, 0.29) is 11.9 Å². The highest BCUT2D eigenvalue weighted by atomic mass is 16.5. The van der Waals surface area contributed by atoms with Crippen LogP contribution in [-0.2, 0) is 16.0 Å². The van der Waals surface area contributed by atoms with E-state index in [1.807, 2.05) is 31.5 Å². The Kier molecular flexibility index (Phi) is 13.4. The predicted octanol–water partition coefficient (Wildman–Crippen LogP) is 7.19. The summed E-state index contributed by atoms with van der Waals surface area (Å²) in [5.74, 6) is 0.647. The van der Waals surface area contributed by atoms with Crippen LogP contribution in [0.15, 0.2) is 36.7 Å². The first-order chi connectivity index (χ1) is 16.1. The van der Waals surface area contributed by atoms with E-state index in [0.29, 0.717) is 24.8 Å². The van der Waals surface area contributed by atoms with Crippen LogP contribution in [0.4, 0.5) is 0 Å². The number of nitrogens with zero attached hydrogens (tertiary/aromatic N) is 2. The number of benzene rings is 1. The van der Waals surface area contributed by atoms with Gasteiger partial charge in [-0.3, -0.25) is 4.79 Å². The molecule has 33 heavy (non-hydrogen) atoms. The third-order valence-corrected chi connectivity index (χ3v) is 5.77. The van der Waals surface area contributed by atoms with Crippen LogP contribution in [0.25, 0.3) is 11.4 Å². The molecule has 1 aromatic carbocycles. The number of carbonyl (C=O) groups excluding carboxylic acids is 1. The molecule has 0 radical (unpaired) electrons. The van der Waals surface area contributed by atoms with Crippen LogP contribution < -0.4 is 4.74 Å². The molecule has 0 bridgehead atoms. The molecule has 1 atom stereocenters. The standard InChI is InChI=1S/C28H42N2O3/c1-4-6-8-10-12-14-24-20-29-27(30-21-24)25-15-17-26(18-16-25)33-28(31)23(3)22-32-19-13-11-9-7-5-2/h15-18,20-21,23H,4-14,19,22H2,1-3H3. The number of hydrogen-bond donors (Lipinski definition) is 0. The van der Waals surface area contributed by atoms with Crippen molar-refractivity contribution in [1.82, 2.24) is 9.97 Å². The first-order valence-corrected chi connectivity index (χ1v) is 12.8. The molecule has 0 saturated heterocycles. The summed E-state index contributed by atoms with van der Waals surface area (Å²) < 4.78 is 11.2. The molecule has 0 fully saturated rings. The lowest BCUT2D eigenvalue weighted by Gasteiger charge is -2.12. The molecule has 1 heterocycles. The molecule has 0 aliphatic rings. The van der Waals surface area contributed by atoms with Crippen molar-refractivity contribution in [2.45, 2.75) is 91.4 Å². The normalized spacial score (nSPS) is 12.0. The van der Waals surface area contributed by atoms with Crippen molar-refractivity contribution in [2.75, 3.05) is 13.2 Å². The van der Waals surface area contributed by atoms with Gasteiger partial charge in [-0.05, 0) is 56.0 Å². The summed E-state index contributed by atoms with van der Waals surface area (Å²) in [6.45, 7) is 7.37. The Bertz CT molecular complexity index is 775. The molecule has 0 amide bonds. The third-order valence-electron chi connectivity index (χ3n) is 5.77. The lowest BCUT2D eigenvalue weighted by atomic mass is 10.1. The zero-order valence-electron chi connectivity index (χ0n) is 20.9. The van der Waals surface area contributed by atoms with Gasteiger partial charge in [-0.1, -0.05) is 65.2 Å². The van der Waals surface area contributed by atoms with Gasteiger partial charge in [-0.2, -0.15) is 0 Å². The molecule has 0 aliphatic carbocycles. The monoisotopic (exact) mass is 454 g/mol. The topological polar surface area (TPSA) is 61.3 Å². The van der Waals surface area contributed by atoms with E-state index >= 15 is 0 Å². The zero-order valence-corrected chi connectivity index (χ0v) is 20.9. The van der Waals surface area contributed by atoms with Gasteiger partial charge in [-0.15, -0.1) is 0 Å². The Morgan fingerprint density at radius 3 is 2.09 bits per heavy atom. The van der Waals surface area contributed by atoms with Gasteiger partial charge in [0.2, 0.25) is 0 Å². The Morgan fingerprint density at radius 2 is 1.45 bits per heavy atom. The number of hydrogen-bond acceptors (Lipinski definition) is 5. The Hall–Kier alpha value is -2.27. The number of aryl methyl sites for hydroxylation is 1. The zero-order chi connectivity index (χ0) is 23.7. The fourth-order valence-corrected chi connectivity index (χ4v) is 3.59. The molecule has 0 saturated carbocycles. The van der Waals surface area contributed by atoms with Gasteiger partial charge in [0, 0.05) is 24.6 Å². The van der Waals surface area contributed by atoms with Crippen LogP contribution >= 0.6 is 0 Å². The number of esters is 1. The molecular weight excluding hydrogens is 412 g/mol. The highest BCUT2D eigenvalue weighted by Crippen LogP contribution is 2.20. The summed E-state index contributed by atoms with van der Waals surface area (Å²) in [7, 11) is 0. The number of carbonyl (C=O) groups is 1. The van der Waals surface area contributed by atoms with E-state index in [2.05, 4.69) is 23.8 Å². The van der Waals surface area contributed by atoms with Crippen LogP contribution in [-0.4, -0.2) is 29.2 Å². The van der Waals surface area contributed by atoms with Crippen molar-refractivity contribution in [3.8, 4) is 17.1 Å². The van der Waals surface area contributed by atoms with E-state index in [1.165, 1.54) is 63.4 Å². The molecular formula is C28H42N2O3. The van der Waals surface area contributed by atoms with Crippen molar-refractivity contribution in [2.24, 2.45) is 5.92 Å². The van der Waals surface area contributed by atoms with Crippen LogP contribution in [0.1, 0.15) is 90.5 Å². The Morgan fingerprint density at radius 1 is 0.848 bits per heavy atom. The third kappa shape index (κ3) is 10.9. The lowest BCUT2D eigenvalue weighted by Crippen LogP contribution is -2.22. The molecule has 0 aliphatic heterocycles. The SMILES string of the molecule is CCCCCCCOCC(C)C(=O)Oc1ccc(-c2ncc(CCCCCCC)cn2)cc1. The second kappa shape index (κ2) is 16.4. The minimum absolute atomic E-state index is 0.270. The number of unbranched alkanes of at least 4 members (excludes halogenated alkanes) is 8. The van der Waals surface area contributed by atoms with Gasteiger partial charge in [0.1, 0.15) is 5.75 Å². The summed E-state index contributed by atoms with van der Waals surface area (Å²) in [6, 6.07) is 7.36. The highest BCUT2D eigenvalue weighted by molar-refractivity contribution is 5.75. The molecule has 1 unspecified atom stereocenters.